The van der Waals surface area contributed by atoms with Crippen LogP contribution in [0.4, 0.5) is 0 Å². The third-order valence-corrected chi connectivity index (χ3v) is 8.40. The highest BCUT2D eigenvalue weighted by atomic mass is 14.0. The average molecular weight is 581 g/mol. The van der Waals surface area contributed by atoms with Gasteiger partial charge < -0.3 is 0 Å². The summed E-state index contributed by atoms with van der Waals surface area (Å²) in [4.78, 5) is 0. The van der Waals surface area contributed by atoms with Crippen molar-refractivity contribution in [3.05, 3.63) is 191 Å². The molecule has 0 nitrogen and oxygen atoms in total. The van der Waals surface area contributed by atoms with Gasteiger partial charge in [-0.3, -0.25) is 0 Å². The van der Waals surface area contributed by atoms with Crippen LogP contribution in [-0.4, -0.2) is 0 Å². The minimum absolute atomic E-state index is 1.02. The van der Waals surface area contributed by atoms with E-state index in [2.05, 4.69) is 194 Å². The smallest absolute Gasteiger partial charge is 0.0255 e. The SMILES string of the molecule is C(#Cc1ccc2cc(/C=C/c3ccc4cc(C#Cc5ccc6ccccc6c5)ccc4c3)ccc2c1)c1ccc2ccccc2c1. The highest BCUT2D eigenvalue weighted by Gasteiger charge is 2.00. The summed E-state index contributed by atoms with van der Waals surface area (Å²) >= 11 is 0. The largest absolute Gasteiger partial charge is 0.0616 e. The van der Waals surface area contributed by atoms with Gasteiger partial charge in [0.1, 0.15) is 0 Å². The Hall–Kier alpha value is -6.34. The van der Waals surface area contributed by atoms with E-state index in [1.165, 1.54) is 54.2 Å². The first-order chi connectivity index (χ1) is 22.7. The van der Waals surface area contributed by atoms with Gasteiger partial charge in [0.05, 0.1) is 0 Å². The summed E-state index contributed by atoms with van der Waals surface area (Å²) in [6.45, 7) is 0. The summed E-state index contributed by atoms with van der Waals surface area (Å²) in [6, 6.07) is 55.5. The van der Waals surface area contributed by atoms with E-state index in [9.17, 15) is 0 Å². The standard InChI is InChI=1S/C46H28/c1-3-7-41-27-33(15-21-39(41)5-1)9-11-35-17-23-45-31-37(19-25-43(45)29-35)13-14-38-20-26-44-30-36(18-24-46(44)32-38)12-10-34-16-22-40-6-2-4-8-42(40)28-34/h1-8,13-32H/b14-13+. The van der Waals surface area contributed by atoms with Gasteiger partial charge in [-0.15, -0.1) is 0 Å². The van der Waals surface area contributed by atoms with E-state index < -0.39 is 0 Å². The Morgan fingerprint density at radius 2 is 0.543 bits per heavy atom. The van der Waals surface area contributed by atoms with Crippen molar-refractivity contribution in [1.29, 1.82) is 0 Å². The minimum Gasteiger partial charge on any atom is -0.0616 e. The Kier molecular flexibility index (Phi) is 7.09. The summed E-state index contributed by atoms with van der Waals surface area (Å²) in [5.41, 5.74) is 6.42. The topological polar surface area (TPSA) is 0 Å². The molecule has 0 bridgehead atoms. The van der Waals surface area contributed by atoms with Crippen molar-refractivity contribution in [3.63, 3.8) is 0 Å². The van der Waals surface area contributed by atoms with E-state index in [0.717, 1.165) is 22.3 Å². The van der Waals surface area contributed by atoms with Crippen LogP contribution in [-0.2, 0) is 0 Å². The van der Waals surface area contributed by atoms with Crippen molar-refractivity contribution < 1.29 is 0 Å². The molecule has 8 rings (SSSR count). The van der Waals surface area contributed by atoms with Gasteiger partial charge in [0, 0.05) is 22.3 Å². The van der Waals surface area contributed by atoms with Gasteiger partial charge in [0.15, 0.2) is 0 Å². The van der Waals surface area contributed by atoms with E-state index in [1.54, 1.807) is 0 Å². The highest BCUT2D eigenvalue weighted by Crippen LogP contribution is 2.23. The molecule has 0 aliphatic heterocycles. The molecular weight excluding hydrogens is 553 g/mol. The molecule has 0 aliphatic carbocycles. The fourth-order valence-corrected chi connectivity index (χ4v) is 5.91. The maximum absolute atomic E-state index is 3.35. The van der Waals surface area contributed by atoms with E-state index in [1.807, 2.05) is 0 Å². The lowest BCUT2D eigenvalue weighted by Gasteiger charge is -2.03. The molecule has 8 aromatic rings. The zero-order valence-corrected chi connectivity index (χ0v) is 25.2. The van der Waals surface area contributed by atoms with Gasteiger partial charge >= 0.3 is 0 Å². The molecule has 0 N–H and O–H groups in total. The quantitative estimate of drug-likeness (QED) is 0.141. The van der Waals surface area contributed by atoms with Crippen LogP contribution in [0.5, 0.6) is 0 Å². The van der Waals surface area contributed by atoms with Crippen LogP contribution in [0.25, 0.3) is 55.2 Å². The third-order valence-electron chi connectivity index (χ3n) is 8.40. The summed E-state index contributed by atoms with van der Waals surface area (Å²) < 4.78 is 0. The minimum atomic E-state index is 1.02. The van der Waals surface area contributed by atoms with Gasteiger partial charge in [-0.25, -0.2) is 0 Å². The monoisotopic (exact) mass is 580 g/mol. The number of hydrogen-bond acceptors (Lipinski definition) is 0. The molecule has 0 aliphatic rings. The van der Waals surface area contributed by atoms with Crippen molar-refractivity contribution in [3.8, 4) is 23.7 Å². The predicted octanol–water partition coefficient (Wildman–Crippen LogP) is 11.3. The van der Waals surface area contributed by atoms with Crippen molar-refractivity contribution in [1.82, 2.24) is 0 Å². The fourth-order valence-electron chi connectivity index (χ4n) is 5.91. The normalized spacial score (nSPS) is 11.0. The molecule has 0 heteroatoms. The van der Waals surface area contributed by atoms with Crippen LogP contribution < -0.4 is 0 Å². The molecule has 0 saturated carbocycles. The molecule has 8 aromatic carbocycles. The summed E-state index contributed by atoms with van der Waals surface area (Å²) in [5.74, 6) is 13.4. The molecule has 0 spiro atoms. The number of fused-ring (bicyclic) bond motifs is 4. The zero-order chi connectivity index (χ0) is 30.7. The second-order valence-corrected chi connectivity index (χ2v) is 11.6. The molecule has 0 fully saturated rings. The fraction of sp³-hybridized carbons (Fsp3) is 0. The third kappa shape index (κ3) is 5.89. The van der Waals surface area contributed by atoms with Crippen molar-refractivity contribution >= 4 is 55.2 Å². The van der Waals surface area contributed by atoms with Gasteiger partial charge in [-0.05, 0) is 115 Å². The number of benzene rings is 8. The second kappa shape index (κ2) is 12.0. The van der Waals surface area contributed by atoms with Crippen LogP contribution in [0.15, 0.2) is 158 Å². The van der Waals surface area contributed by atoms with Gasteiger partial charge in [-0.1, -0.05) is 133 Å². The maximum atomic E-state index is 3.35. The van der Waals surface area contributed by atoms with Gasteiger partial charge in [0.25, 0.3) is 0 Å². The molecular formula is C46H28. The highest BCUT2D eigenvalue weighted by molar-refractivity contribution is 5.90. The Morgan fingerprint density at radius 3 is 0.935 bits per heavy atom. The average Bonchev–Trinajstić information content (AvgIpc) is 3.11. The summed E-state index contributed by atoms with van der Waals surface area (Å²) in [5, 5.41) is 9.67. The predicted molar refractivity (Wildman–Crippen MR) is 197 cm³/mol. The van der Waals surface area contributed by atoms with Gasteiger partial charge in [-0.2, -0.15) is 0 Å². The molecule has 0 aromatic heterocycles. The molecule has 0 saturated heterocycles. The molecule has 0 unspecified atom stereocenters. The molecule has 212 valence electrons. The first-order valence-corrected chi connectivity index (χ1v) is 15.5. The van der Waals surface area contributed by atoms with Crippen molar-refractivity contribution in [2.45, 2.75) is 0 Å². The Labute approximate surface area is 269 Å². The van der Waals surface area contributed by atoms with Gasteiger partial charge in [0.2, 0.25) is 0 Å². The van der Waals surface area contributed by atoms with Crippen LogP contribution in [0.1, 0.15) is 33.4 Å². The number of rotatable bonds is 2. The zero-order valence-electron chi connectivity index (χ0n) is 25.2. The van der Waals surface area contributed by atoms with E-state index in [0.29, 0.717) is 0 Å². The summed E-state index contributed by atoms with van der Waals surface area (Å²) in [6.07, 6.45) is 4.36. The molecule has 0 amide bonds. The van der Waals surface area contributed by atoms with Crippen LogP contribution in [0, 0.1) is 23.7 Å². The van der Waals surface area contributed by atoms with E-state index >= 15 is 0 Å². The Bertz CT molecular complexity index is 2410. The Morgan fingerprint density at radius 1 is 0.261 bits per heavy atom. The van der Waals surface area contributed by atoms with Crippen LogP contribution in [0.3, 0.4) is 0 Å². The second-order valence-electron chi connectivity index (χ2n) is 11.6. The van der Waals surface area contributed by atoms with Crippen LogP contribution in [0.2, 0.25) is 0 Å². The van der Waals surface area contributed by atoms with E-state index in [-0.39, 0.29) is 0 Å². The molecule has 46 heavy (non-hydrogen) atoms. The molecule has 0 atom stereocenters. The lowest BCUT2D eigenvalue weighted by molar-refractivity contribution is 1.65. The molecule has 0 radical (unpaired) electrons. The van der Waals surface area contributed by atoms with E-state index in [4.69, 9.17) is 0 Å². The van der Waals surface area contributed by atoms with Crippen molar-refractivity contribution in [2.75, 3.05) is 0 Å². The number of hydrogen-bond donors (Lipinski definition) is 0. The van der Waals surface area contributed by atoms with Crippen LogP contribution >= 0.6 is 0 Å². The Balaban J connectivity index is 0.973. The lowest BCUT2D eigenvalue weighted by Crippen LogP contribution is -1.81. The first-order valence-electron chi connectivity index (χ1n) is 15.5. The maximum Gasteiger partial charge on any atom is 0.0255 e. The summed E-state index contributed by atoms with van der Waals surface area (Å²) in [7, 11) is 0. The lowest BCUT2D eigenvalue weighted by atomic mass is 10.0. The first kappa shape index (κ1) is 27.2. The molecule has 0 heterocycles. The van der Waals surface area contributed by atoms with Crippen molar-refractivity contribution in [2.24, 2.45) is 0 Å².